The third kappa shape index (κ3) is 4.27. The number of aromatic nitrogens is 2. The van der Waals surface area contributed by atoms with Gasteiger partial charge < -0.3 is 10.1 Å². The lowest BCUT2D eigenvalue weighted by molar-refractivity contribution is -0.128. The van der Waals surface area contributed by atoms with Gasteiger partial charge in [0.25, 0.3) is 5.91 Å². The normalized spacial score (nSPS) is 14.4. The Morgan fingerprint density at radius 3 is 2.66 bits per heavy atom. The van der Waals surface area contributed by atoms with Crippen molar-refractivity contribution in [1.29, 1.82) is 0 Å². The van der Waals surface area contributed by atoms with Gasteiger partial charge in [0.2, 0.25) is 5.91 Å². The molecule has 154 valence electrons. The molecule has 0 bridgehead atoms. The van der Waals surface area contributed by atoms with Crippen LogP contribution in [0.1, 0.15) is 36.8 Å². The van der Waals surface area contributed by atoms with E-state index in [2.05, 4.69) is 10.4 Å². The molecule has 1 N–H and O–H groups in total. The molecule has 0 spiro atoms. The number of esters is 1. The Morgan fingerprint density at radius 1 is 1.28 bits per heavy atom. The molecule has 2 aromatic rings. The zero-order valence-corrected chi connectivity index (χ0v) is 17.5. The molecule has 1 aliphatic heterocycles. The quantitative estimate of drug-likeness (QED) is 0.753. The molecule has 1 aliphatic rings. The first-order chi connectivity index (χ1) is 13.7. The van der Waals surface area contributed by atoms with Crippen LogP contribution < -0.4 is 10.2 Å². The Morgan fingerprint density at radius 2 is 1.97 bits per heavy atom. The van der Waals surface area contributed by atoms with Crippen LogP contribution in [0.5, 0.6) is 0 Å². The number of para-hydroxylation sites is 2. The number of nitrogens with one attached hydrogen (secondary N) is 1. The average Bonchev–Trinajstić information content (AvgIpc) is 2.92. The predicted octanol–water partition coefficient (Wildman–Crippen LogP) is 3.03. The van der Waals surface area contributed by atoms with Crippen LogP contribution in [0.25, 0.3) is 0 Å². The molecule has 0 fully saturated rings. The molecule has 29 heavy (non-hydrogen) atoms. The number of fused-ring (bicyclic) bond motifs is 1. The van der Waals surface area contributed by atoms with Gasteiger partial charge in [0.15, 0.2) is 6.10 Å². The van der Waals surface area contributed by atoms with Crippen LogP contribution in [0.15, 0.2) is 24.3 Å². The Bertz CT molecular complexity index is 969. The van der Waals surface area contributed by atoms with Gasteiger partial charge in [0, 0.05) is 6.54 Å². The number of amides is 2. The lowest BCUT2D eigenvalue weighted by atomic mass is 10.1. The summed E-state index contributed by atoms with van der Waals surface area (Å²) >= 11 is 6.32. The first-order valence-corrected chi connectivity index (χ1v) is 9.71. The first kappa shape index (κ1) is 20.9. The summed E-state index contributed by atoms with van der Waals surface area (Å²) in [5.74, 6) is -1.24. The van der Waals surface area contributed by atoms with Crippen molar-refractivity contribution in [3.63, 3.8) is 0 Å². The molecule has 8 nitrogen and oxygen atoms in total. The fourth-order valence-corrected chi connectivity index (χ4v) is 3.49. The van der Waals surface area contributed by atoms with E-state index in [9.17, 15) is 14.4 Å². The van der Waals surface area contributed by atoms with Crippen molar-refractivity contribution in [2.75, 3.05) is 16.8 Å². The first-order valence-electron chi connectivity index (χ1n) is 9.33. The number of rotatable bonds is 5. The second-order valence-corrected chi connectivity index (χ2v) is 7.72. The van der Waals surface area contributed by atoms with Crippen LogP contribution in [0.2, 0.25) is 5.15 Å². The maximum Gasteiger partial charge on any atom is 0.343 e. The van der Waals surface area contributed by atoms with Crippen LogP contribution in [0.4, 0.5) is 11.4 Å². The highest BCUT2D eigenvalue weighted by Gasteiger charge is 2.32. The summed E-state index contributed by atoms with van der Waals surface area (Å²) in [4.78, 5) is 38.8. The highest BCUT2D eigenvalue weighted by molar-refractivity contribution is 6.32. The Hall–Kier alpha value is -2.87. The lowest BCUT2D eigenvalue weighted by Crippen LogP contribution is -2.47. The summed E-state index contributed by atoms with van der Waals surface area (Å²) in [6.45, 7) is 7.57. The molecule has 0 aliphatic carbocycles. The molecule has 0 unspecified atom stereocenters. The number of carbonyl (C=O) groups is 3. The van der Waals surface area contributed by atoms with Crippen molar-refractivity contribution in [2.24, 2.45) is 5.92 Å². The molecule has 1 aromatic carbocycles. The predicted molar refractivity (Wildman–Crippen MR) is 109 cm³/mol. The number of benzene rings is 1. The molecule has 1 aromatic heterocycles. The van der Waals surface area contributed by atoms with Gasteiger partial charge in [0.1, 0.15) is 17.3 Å². The number of anilines is 2. The topological polar surface area (TPSA) is 93.5 Å². The Balaban J connectivity index is 1.78. The van der Waals surface area contributed by atoms with Gasteiger partial charge in [-0.25, -0.2) is 4.79 Å². The summed E-state index contributed by atoms with van der Waals surface area (Å²) in [7, 11) is 0. The van der Waals surface area contributed by atoms with E-state index in [4.69, 9.17) is 16.3 Å². The summed E-state index contributed by atoms with van der Waals surface area (Å²) in [6, 6.07) is 6.95. The molecule has 9 heteroatoms. The number of halogens is 1. The molecule has 0 saturated carbocycles. The Labute approximate surface area is 173 Å². The van der Waals surface area contributed by atoms with E-state index < -0.39 is 18.0 Å². The van der Waals surface area contributed by atoms with Gasteiger partial charge in [-0.3, -0.25) is 19.2 Å². The number of carbonyl (C=O) groups excluding carboxylic acids is 3. The van der Waals surface area contributed by atoms with Crippen LogP contribution in [0.3, 0.4) is 0 Å². The molecule has 0 radical (unpaired) electrons. The molecule has 1 atom stereocenters. The molecular formula is C20H23ClN4O4. The van der Waals surface area contributed by atoms with Crippen molar-refractivity contribution in [3.05, 3.63) is 40.7 Å². The van der Waals surface area contributed by atoms with E-state index in [1.54, 1.807) is 35.9 Å². The van der Waals surface area contributed by atoms with Crippen molar-refractivity contribution in [1.82, 2.24) is 9.78 Å². The summed E-state index contributed by atoms with van der Waals surface area (Å²) in [6.07, 6.45) is -1.11. The minimum Gasteiger partial charge on any atom is -0.449 e. The lowest BCUT2D eigenvalue weighted by Gasteiger charge is -2.30. The van der Waals surface area contributed by atoms with Crippen LogP contribution >= 0.6 is 11.6 Å². The average molecular weight is 419 g/mol. The number of ether oxygens (including phenoxy) is 1. The van der Waals surface area contributed by atoms with E-state index in [-0.39, 0.29) is 23.2 Å². The number of hydrogen-bond donors (Lipinski definition) is 1. The zero-order valence-electron chi connectivity index (χ0n) is 16.7. The van der Waals surface area contributed by atoms with Gasteiger partial charge in [0.05, 0.1) is 17.1 Å². The molecule has 0 saturated heterocycles. The minimum absolute atomic E-state index is 0.142. The number of hydrogen-bond acceptors (Lipinski definition) is 5. The Kier molecular flexibility index (Phi) is 5.93. The van der Waals surface area contributed by atoms with Gasteiger partial charge in [-0.1, -0.05) is 37.6 Å². The second kappa shape index (κ2) is 8.24. The third-order valence-corrected chi connectivity index (χ3v) is 4.86. The van der Waals surface area contributed by atoms with E-state index in [1.165, 1.54) is 11.8 Å². The van der Waals surface area contributed by atoms with Gasteiger partial charge in [-0.2, -0.15) is 5.10 Å². The smallest absolute Gasteiger partial charge is 0.343 e. The van der Waals surface area contributed by atoms with Crippen molar-refractivity contribution in [2.45, 2.75) is 40.3 Å². The van der Waals surface area contributed by atoms with E-state index in [0.717, 1.165) is 0 Å². The second-order valence-electron chi connectivity index (χ2n) is 7.36. The van der Waals surface area contributed by atoms with E-state index in [0.29, 0.717) is 29.5 Å². The summed E-state index contributed by atoms with van der Waals surface area (Å²) < 4.78 is 6.93. The largest absolute Gasteiger partial charge is 0.449 e. The molecule has 3 rings (SSSR count). The highest BCUT2D eigenvalue weighted by atomic mass is 35.5. The zero-order chi connectivity index (χ0) is 21.3. The van der Waals surface area contributed by atoms with E-state index in [1.807, 2.05) is 13.8 Å². The molecular weight excluding hydrogens is 396 g/mol. The van der Waals surface area contributed by atoms with Crippen LogP contribution in [0, 0.1) is 12.8 Å². The maximum atomic E-state index is 12.9. The summed E-state index contributed by atoms with van der Waals surface area (Å²) in [5.41, 5.74) is 1.66. The van der Waals surface area contributed by atoms with Crippen molar-refractivity contribution in [3.8, 4) is 0 Å². The van der Waals surface area contributed by atoms with Crippen molar-refractivity contribution < 1.29 is 19.1 Å². The third-order valence-electron chi connectivity index (χ3n) is 4.48. The van der Waals surface area contributed by atoms with Gasteiger partial charge >= 0.3 is 5.97 Å². The fourth-order valence-electron chi connectivity index (χ4n) is 3.17. The SMILES string of the molecule is Cc1nn(CC(C)C)c(Cl)c1C(=O)O[C@@H](C)C(=O)N1CC(=O)Nc2ccccc21. The maximum absolute atomic E-state index is 12.9. The standard InChI is InChI=1S/C20H23ClN4O4/c1-11(2)9-25-18(21)17(12(3)23-25)20(28)29-13(4)19(27)24-10-16(26)22-14-7-5-6-8-15(14)24/h5-8,11,13H,9-10H2,1-4H3,(H,22,26)/t13-/m0/s1. The van der Waals surface area contributed by atoms with Gasteiger partial charge in [-0.05, 0) is 31.9 Å². The monoisotopic (exact) mass is 418 g/mol. The van der Waals surface area contributed by atoms with Crippen molar-refractivity contribution >= 4 is 40.8 Å². The molecule has 2 heterocycles. The fraction of sp³-hybridized carbons (Fsp3) is 0.400. The van der Waals surface area contributed by atoms with Crippen LogP contribution in [-0.4, -0.2) is 40.2 Å². The summed E-state index contributed by atoms with van der Waals surface area (Å²) in [5, 5.41) is 7.19. The minimum atomic E-state index is -1.11. The van der Waals surface area contributed by atoms with Gasteiger partial charge in [-0.15, -0.1) is 0 Å². The molecule has 2 amide bonds. The number of nitrogens with zero attached hydrogens (tertiary/aromatic N) is 3. The van der Waals surface area contributed by atoms with Crippen LogP contribution in [-0.2, 0) is 20.9 Å². The van der Waals surface area contributed by atoms with E-state index >= 15 is 0 Å². The highest BCUT2D eigenvalue weighted by Crippen LogP contribution is 2.30. The number of aryl methyl sites for hydroxylation is 1.